The number of hydrogen-bond donors (Lipinski definition) is 1. The number of aliphatic hydroxyl groups is 1. The molecule has 0 radical (unpaired) electrons. The molecular weight excluding hydrogens is 234 g/mol. The molecule has 1 heterocycles. The van der Waals surface area contributed by atoms with Gasteiger partial charge in [-0.25, -0.2) is 0 Å². The van der Waals surface area contributed by atoms with E-state index in [0.717, 1.165) is 22.3 Å². The number of aliphatic hydroxyl groups excluding tert-OH is 1. The van der Waals surface area contributed by atoms with Crippen molar-refractivity contribution in [3.8, 4) is 0 Å². The molecule has 0 saturated heterocycles. The van der Waals surface area contributed by atoms with Gasteiger partial charge in [-0.2, -0.15) is 0 Å². The molecule has 1 atom stereocenters. The van der Waals surface area contributed by atoms with Crippen LogP contribution in [0.5, 0.6) is 0 Å². The molecule has 2 rings (SSSR count). The number of benzene rings is 1. The highest BCUT2D eigenvalue weighted by Gasteiger charge is 2.16. The summed E-state index contributed by atoms with van der Waals surface area (Å²) in [5.41, 5.74) is 3.48. The van der Waals surface area contributed by atoms with Crippen molar-refractivity contribution in [2.75, 3.05) is 0 Å². The highest BCUT2D eigenvalue weighted by atomic mass is 35.5. The van der Waals surface area contributed by atoms with E-state index < -0.39 is 6.10 Å². The minimum atomic E-state index is -0.726. The Morgan fingerprint density at radius 1 is 1.12 bits per heavy atom. The molecule has 0 amide bonds. The molecule has 2 nitrogen and oxygen atoms in total. The maximum atomic E-state index is 10.4. The van der Waals surface area contributed by atoms with Gasteiger partial charge in [0, 0.05) is 28.5 Å². The minimum Gasteiger partial charge on any atom is -0.384 e. The Kier molecular flexibility index (Phi) is 3.46. The number of nitrogens with zero attached hydrogens (tertiary/aromatic N) is 1. The molecule has 0 saturated carbocycles. The molecule has 17 heavy (non-hydrogen) atoms. The van der Waals surface area contributed by atoms with E-state index in [2.05, 4.69) is 4.98 Å². The van der Waals surface area contributed by atoms with Gasteiger partial charge in [0.2, 0.25) is 0 Å². The van der Waals surface area contributed by atoms with E-state index in [4.69, 9.17) is 11.6 Å². The average Bonchev–Trinajstić information content (AvgIpc) is 2.32. The normalized spacial score (nSPS) is 12.5. The van der Waals surface area contributed by atoms with E-state index >= 15 is 0 Å². The molecule has 0 spiro atoms. The van der Waals surface area contributed by atoms with Crippen LogP contribution in [-0.2, 0) is 0 Å². The molecule has 3 heteroatoms. The first kappa shape index (κ1) is 12.1. The predicted octanol–water partition coefficient (Wildman–Crippen LogP) is 3.43. The largest absolute Gasteiger partial charge is 0.384 e. The van der Waals surface area contributed by atoms with E-state index in [-0.39, 0.29) is 0 Å². The Morgan fingerprint density at radius 3 is 2.59 bits per heavy atom. The Labute approximate surface area is 106 Å². The SMILES string of the molecule is Cc1ccncc1C(O)c1cccc(C)c1Cl. The summed E-state index contributed by atoms with van der Waals surface area (Å²) >= 11 is 6.21. The second-order valence-electron chi connectivity index (χ2n) is 4.11. The first-order chi connectivity index (χ1) is 8.11. The number of rotatable bonds is 2. The van der Waals surface area contributed by atoms with Crippen LogP contribution in [0.2, 0.25) is 5.02 Å². The van der Waals surface area contributed by atoms with Crippen molar-refractivity contribution in [3.63, 3.8) is 0 Å². The van der Waals surface area contributed by atoms with Gasteiger partial charge in [-0.1, -0.05) is 29.8 Å². The van der Waals surface area contributed by atoms with Crippen molar-refractivity contribution >= 4 is 11.6 Å². The van der Waals surface area contributed by atoms with Gasteiger partial charge in [0.25, 0.3) is 0 Å². The Hall–Kier alpha value is -1.38. The van der Waals surface area contributed by atoms with Crippen LogP contribution >= 0.6 is 11.6 Å². The standard InChI is InChI=1S/C14H14ClNO/c1-9-6-7-16-8-12(9)14(17)11-5-3-4-10(2)13(11)15/h3-8,14,17H,1-2H3. The number of aromatic nitrogens is 1. The van der Waals surface area contributed by atoms with Crippen molar-refractivity contribution in [2.24, 2.45) is 0 Å². The molecule has 1 aromatic carbocycles. The van der Waals surface area contributed by atoms with Gasteiger partial charge < -0.3 is 5.11 Å². The summed E-state index contributed by atoms with van der Waals surface area (Å²) in [7, 11) is 0. The third kappa shape index (κ3) is 2.33. The molecule has 0 aliphatic rings. The van der Waals surface area contributed by atoms with Gasteiger partial charge >= 0.3 is 0 Å². The Bertz CT molecular complexity index is 539. The summed E-state index contributed by atoms with van der Waals surface area (Å²) in [5, 5.41) is 11.0. The van der Waals surface area contributed by atoms with E-state index in [9.17, 15) is 5.11 Å². The fourth-order valence-electron chi connectivity index (χ4n) is 1.81. The average molecular weight is 248 g/mol. The lowest BCUT2D eigenvalue weighted by atomic mass is 9.98. The quantitative estimate of drug-likeness (QED) is 0.882. The van der Waals surface area contributed by atoms with Crippen molar-refractivity contribution in [2.45, 2.75) is 20.0 Å². The second kappa shape index (κ2) is 4.86. The van der Waals surface area contributed by atoms with E-state index in [1.807, 2.05) is 38.1 Å². The van der Waals surface area contributed by atoms with Gasteiger partial charge in [-0.05, 0) is 31.0 Å². The lowest BCUT2D eigenvalue weighted by Crippen LogP contribution is -2.03. The van der Waals surface area contributed by atoms with Crippen LogP contribution < -0.4 is 0 Å². The van der Waals surface area contributed by atoms with Crippen LogP contribution in [0.1, 0.15) is 28.4 Å². The maximum Gasteiger partial charge on any atom is 0.107 e. The summed E-state index contributed by atoms with van der Waals surface area (Å²) in [5.74, 6) is 0. The van der Waals surface area contributed by atoms with Gasteiger partial charge in [-0.3, -0.25) is 4.98 Å². The maximum absolute atomic E-state index is 10.4. The topological polar surface area (TPSA) is 33.1 Å². The van der Waals surface area contributed by atoms with E-state index in [1.165, 1.54) is 0 Å². The third-order valence-corrected chi connectivity index (χ3v) is 3.41. The Balaban J connectivity index is 2.48. The van der Waals surface area contributed by atoms with Crippen LogP contribution in [0.4, 0.5) is 0 Å². The molecule has 2 aromatic rings. The van der Waals surface area contributed by atoms with Crippen molar-refractivity contribution in [1.82, 2.24) is 4.98 Å². The summed E-state index contributed by atoms with van der Waals surface area (Å²) < 4.78 is 0. The first-order valence-electron chi connectivity index (χ1n) is 5.45. The van der Waals surface area contributed by atoms with Crippen molar-refractivity contribution < 1.29 is 5.11 Å². The molecule has 1 aromatic heterocycles. The monoisotopic (exact) mass is 247 g/mol. The number of halogens is 1. The van der Waals surface area contributed by atoms with Gasteiger partial charge in [0.05, 0.1) is 0 Å². The second-order valence-corrected chi connectivity index (χ2v) is 4.49. The number of pyridine rings is 1. The Morgan fingerprint density at radius 2 is 1.88 bits per heavy atom. The fourth-order valence-corrected chi connectivity index (χ4v) is 2.04. The van der Waals surface area contributed by atoms with Crippen LogP contribution in [0, 0.1) is 13.8 Å². The summed E-state index contributed by atoms with van der Waals surface area (Å²) in [6, 6.07) is 7.54. The summed E-state index contributed by atoms with van der Waals surface area (Å²) in [4.78, 5) is 4.04. The molecule has 1 unspecified atom stereocenters. The lowest BCUT2D eigenvalue weighted by Gasteiger charge is -2.15. The molecule has 0 fully saturated rings. The van der Waals surface area contributed by atoms with Crippen LogP contribution in [0.25, 0.3) is 0 Å². The predicted molar refractivity (Wildman–Crippen MR) is 69.2 cm³/mol. The van der Waals surface area contributed by atoms with Crippen LogP contribution in [-0.4, -0.2) is 10.1 Å². The molecule has 0 aliphatic heterocycles. The first-order valence-corrected chi connectivity index (χ1v) is 5.82. The van der Waals surface area contributed by atoms with Crippen LogP contribution in [0.3, 0.4) is 0 Å². The zero-order valence-corrected chi connectivity index (χ0v) is 10.6. The number of hydrogen-bond acceptors (Lipinski definition) is 2. The molecule has 88 valence electrons. The highest BCUT2D eigenvalue weighted by molar-refractivity contribution is 6.32. The molecule has 1 N–H and O–H groups in total. The zero-order valence-electron chi connectivity index (χ0n) is 9.81. The smallest absolute Gasteiger partial charge is 0.107 e. The van der Waals surface area contributed by atoms with Crippen molar-refractivity contribution in [3.05, 3.63) is 63.9 Å². The summed E-state index contributed by atoms with van der Waals surface area (Å²) in [6.45, 7) is 3.87. The van der Waals surface area contributed by atoms with Crippen molar-refractivity contribution in [1.29, 1.82) is 0 Å². The minimum absolute atomic E-state index is 0.614. The van der Waals surface area contributed by atoms with E-state index in [1.54, 1.807) is 12.4 Å². The highest BCUT2D eigenvalue weighted by Crippen LogP contribution is 2.31. The third-order valence-electron chi connectivity index (χ3n) is 2.89. The van der Waals surface area contributed by atoms with Gasteiger partial charge in [0.1, 0.15) is 6.10 Å². The number of aryl methyl sites for hydroxylation is 2. The van der Waals surface area contributed by atoms with Gasteiger partial charge in [0.15, 0.2) is 0 Å². The van der Waals surface area contributed by atoms with Gasteiger partial charge in [-0.15, -0.1) is 0 Å². The fraction of sp³-hybridized carbons (Fsp3) is 0.214. The zero-order chi connectivity index (χ0) is 12.4. The molecular formula is C14H14ClNO. The van der Waals surface area contributed by atoms with Crippen LogP contribution in [0.15, 0.2) is 36.7 Å². The summed E-state index contributed by atoms with van der Waals surface area (Å²) in [6.07, 6.45) is 2.67. The lowest BCUT2D eigenvalue weighted by molar-refractivity contribution is 0.219. The molecule has 0 bridgehead atoms. The molecule has 0 aliphatic carbocycles. The van der Waals surface area contributed by atoms with E-state index in [0.29, 0.717) is 5.02 Å².